The van der Waals surface area contributed by atoms with Crippen LogP contribution in [0.25, 0.3) is 0 Å². The average Bonchev–Trinajstić information content (AvgIpc) is 2.46. The van der Waals surface area contributed by atoms with Crippen molar-refractivity contribution in [3.8, 4) is 11.5 Å². The van der Waals surface area contributed by atoms with Crippen LogP contribution >= 0.6 is 0 Å². The molecule has 0 saturated carbocycles. The smallest absolute Gasteiger partial charge is 0.339 e. The van der Waals surface area contributed by atoms with E-state index in [0.717, 1.165) is 0 Å². The minimum atomic E-state index is -1.17. The van der Waals surface area contributed by atoms with Crippen molar-refractivity contribution in [2.45, 2.75) is 20.0 Å². The summed E-state index contributed by atoms with van der Waals surface area (Å²) in [5, 5.41) is 1.83. The van der Waals surface area contributed by atoms with Crippen molar-refractivity contribution in [1.82, 2.24) is 5.32 Å². The van der Waals surface area contributed by atoms with Crippen LogP contribution in [0.15, 0.2) is 18.2 Å². The summed E-state index contributed by atoms with van der Waals surface area (Å²) in [6, 6.07) is 3.46. The average molecular weight is 310 g/mol. The lowest BCUT2D eigenvalue weighted by Crippen LogP contribution is -2.42. The van der Waals surface area contributed by atoms with Gasteiger partial charge in [0, 0.05) is 0 Å². The van der Waals surface area contributed by atoms with E-state index in [1.165, 1.54) is 26.2 Å². The Labute approximate surface area is 127 Å². The van der Waals surface area contributed by atoms with Crippen molar-refractivity contribution >= 4 is 17.9 Å². The molecule has 0 fully saturated rings. The summed E-state index contributed by atoms with van der Waals surface area (Å²) in [6.45, 7) is 3.51. The predicted octanol–water partition coefficient (Wildman–Crippen LogP) is 0.834. The quantitative estimate of drug-likeness (QED) is 0.752. The molecule has 0 heterocycles. The molecule has 3 N–H and O–H groups in total. The number of rotatable bonds is 6. The molecule has 0 bridgehead atoms. The number of carbonyl (C=O) groups excluding carboxylic acids is 3. The molecule has 8 heteroatoms. The summed E-state index contributed by atoms with van der Waals surface area (Å²) < 4.78 is 15.4. The summed E-state index contributed by atoms with van der Waals surface area (Å²) in [4.78, 5) is 34.0. The maximum atomic E-state index is 12.0. The highest BCUT2D eigenvalue weighted by Crippen LogP contribution is 2.28. The number of ether oxygens (including phenoxy) is 3. The lowest BCUT2D eigenvalue weighted by Gasteiger charge is -2.14. The van der Waals surface area contributed by atoms with Gasteiger partial charge in [0.05, 0.1) is 19.3 Å². The van der Waals surface area contributed by atoms with Crippen LogP contribution in [0.3, 0.4) is 0 Å². The van der Waals surface area contributed by atoms with E-state index in [4.69, 9.17) is 19.9 Å². The molecule has 0 unspecified atom stereocenters. The number of nitrogens with one attached hydrogen (secondary N) is 1. The van der Waals surface area contributed by atoms with Crippen LogP contribution in [0.4, 0.5) is 4.79 Å². The highest BCUT2D eigenvalue weighted by Gasteiger charge is 2.21. The third-order valence-electron chi connectivity index (χ3n) is 2.60. The van der Waals surface area contributed by atoms with Crippen LogP contribution in [-0.4, -0.2) is 37.7 Å². The number of nitrogens with two attached hydrogens (primary N) is 1. The van der Waals surface area contributed by atoms with Crippen LogP contribution in [0.2, 0.25) is 0 Å². The Morgan fingerprint density at radius 1 is 1.27 bits per heavy atom. The molecule has 120 valence electrons. The van der Waals surface area contributed by atoms with E-state index in [9.17, 15) is 14.4 Å². The number of carbonyl (C=O) groups is 3. The molecule has 1 aromatic rings. The van der Waals surface area contributed by atoms with Crippen LogP contribution in [0, 0.1) is 0 Å². The van der Waals surface area contributed by atoms with E-state index in [1.54, 1.807) is 13.0 Å². The van der Waals surface area contributed by atoms with Gasteiger partial charge in [-0.1, -0.05) is 0 Å². The molecule has 0 aliphatic rings. The van der Waals surface area contributed by atoms with E-state index in [0.29, 0.717) is 18.1 Å². The van der Waals surface area contributed by atoms with Gasteiger partial charge in [0.2, 0.25) is 0 Å². The van der Waals surface area contributed by atoms with Gasteiger partial charge in [-0.05, 0) is 32.0 Å². The molecular formula is C14H18N2O6. The fourth-order valence-corrected chi connectivity index (χ4v) is 1.58. The molecule has 3 amide bonds. The second kappa shape index (κ2) is 7.87. The van der Waals surface area contributed by atoms with E-state index in [-0.39, 0.29) is 5.56 Å². The molecule has 0 radical (unpaired) electrons. The van der Waals surface area contributed by atoms with Crippen molar-refractivity contribution in [3.05, 3.63) is 23.8 Å². The number of urea groups is 1. The van der Waals surface area contributed by atoms with Crippen LogP contribution < -0.4 is 20.5 Å². The molecule has 0 aliphatic carbocycles. The number of methoxy groups -OCH3 is 1. The fraction of sp³-hybridized carbons (Fsp3) is 0.357. The number of hydrogen-bond donors (Lipinski definition) is 2. The first-order chi connectivity index (χ1) is 10.4. The summed E-state index contributed by atoms with van der Waals surface area (Å²) in [7, 11) is 1.48. The molecule has 1 rings (SSSR count). The van der Waals surface area contributed by atoms with E-state index >= 15 is 0 Å². The predicted molar refractivity (Wildman–Crippen MR) is 76.8 cm³/mol. The fourth-order valence-electron chi connectivity index (χ4n) is 1.58. The van der Waals surface area contributed by atoms with E-state index in [1.807, 2.05) is 5.32 Å². The molecule has 0 spiro atoms. The number of hydrogen-bond acceptors (Lipinski definition) is 6. The third-order valence-corrected chi connectivity index (χ3v) is 2.60. The highest BCUT2D eigenvalue weighted by atomic mass is 16.5. The molecule has 22 heavy (non-hydrogen) atoms. The Kier molecular flexibility index (Phi) is 6.18. The monoisotopic (exact) mass is 310 g/mol. The Morgan fingerprint density at radius 2 is 1.95 bits per heavy atom. The van der Waals surface area contributed by atoms with Gasteiger partial charge in [-0.25, -0.2) is 9.59 Å². The minimum absolute atomic E-state index is 0.183. The molecule has 1 aromatic carbocycles. The lowest BCUT2D eigenvalue weighted by atomic mass is 10.2. The van der Waals surface area contributed by atoms with Crippen molar-refractivity contribution in [1.29, 1.82) is 0 Å². The van der Waals surface area contributed by atoms with Crippen LogP contribution in [0.5, 0.6) is 11.5 Å². The number of imide groups is 1. The van der Waals surface area contributed by atoms with Gasteiger partial charge >= 0.3 is 12.0 Å². The Hall–Kier alpha value is -2.77. The summed E-state index contributed by atoms with van der Waals surface area (Å²) in [6.07, 6.45) is -1.17. The summed E-state index contributed by atoms with van der Waals surface area (Å²) in [5.74, 6) is -0.693. The topological polar surface area (TPSA) is 117 Å². The molecule has 0 saturated heterocycles. The molecule has 0 aromatic heterocycles. The Morgan fingerprint density at radius 3 is 2.50 bits per heavy atom. The van der Waals surface area contributed by atoms with Crippen LogP contribution in [-0.2, 0) is 9.53 Å². The Bertz CT molecular complexity index is 572. The molecule has 0 aliphatic heterocycles. The zero-order valence-corrected chi connectivity index (χ0v) is 12.5. The van der Waals surface area contributed by atoms with E-state index in [2.05, 4.69) is 0 Å². The lowest BCUT2D eigenvalue weighted by molar-refractivity contribution is -0.127. The first kappa shape index (κ1) is 17.3. The summed E-state index contributed by atoms with van der Waals surface area (Å²) >= 11 is 0. The zero-order chi connectivity index (χ0) is 16.7. The maximum Gasteiger partial charge on any atom is 0.339 e. The number of benzene rings is 1. The first-order valence-electron chi connectivity index (χ1n) is 6.51. The minimum Gasteiger partial charge on any atom is -0.493 e. The van der Waals surface area contributed by atoms with Gasteiger partial charge in [-0.2, -0.15) is 0 Å². The van der Waals surface area contributed by atoms with E-state index < -0.39 is 24.0 Å². The molecular weight excluding hydrogens is 292 g/mol. The van der Waals surface area contributed by atoms with Gasteiger partial charge in [0.25, 0.3) is 5.91 Å². The maximum absolute atomic E-state index is 12.0. The van der Waals surface area contributed by atoms with Crippen molar-refractivity contribution < 1.29 is 28.6 Å². The normalized spacial score (nSPS) is 11.2. The van der Waals surface area contributed by atoms with Gasteiger partial charge in [0.1, 0.15) is 0 Å². The van der Waals surface area contributed by atoms with Crippen molar-refractivity contribution in [2.75, 3.05) is 13.7 Å². The largest absolute Gasteiger partial charge is 0.493 e. The number of esters is 1. The molecule has 8 nitrogen and oxygen atoms in total. The summed E-state index contributed by atoms with van der Waals surface area (Å²) in [5.41, 5.74) is 5.00. The first-order valence-corrected chi connectivity index (χ1v) is 6.51. The van der Waals surface area contributed by atoms with Gasteiger partial charge in [-0.15, -0.1) is 0 Å². The zero-order valence-electron chi connectivity index (χ0n) is 12.5. The molecule has 1 atom stereocenters. The van der Waals surface area contributed by atoms with Crippen LogP contribution in [0.1, 0.15) is 24.2 Å². The second-order valence-electron chi connectivity index (χ2n) is 4.20. The third kappa shape index (κ3) is 4.65. The van der Waals surface area contributed by atoms with Gasteiger partial charge in [-0.3, -0.25) is 10.1 Å². The standard InChI is InChI=1S/C14H18N2O6/c1-4-21-11-7-9(5-6-10(11)20-3)13(18)22-8(2)12(17)16-14(15)19/h5-8H,4H2,1-3H3,(H3,15,16,17,19)/t8-/m0/s1. The Balaban J connectivity index is 2.83. The van der Waals surface area contributed by atoms with Crippen molar-refractivity contribution in [3.63, 3.8) is 0 Å². The van der Waals surface area contributed by atoms with Gasteiger partial charge < -0.3 is 19.9 Å². The number of primary amides is 1. The SMILES string of the molecule is CCOc1cc(C(=O)O[C@@H](C)C(=O)NC(N)=O)ccc1OC. The number of amides is 3. The highest BCUT2D eigenvalue weighted by molar-refractivity contribution is 5.98. The van der Waals surface area contributed by atoms with Gasteiger partial charge in [0.15, 0.2) is 17.6 Å². The second-order valence-corrected chi connectivity index (χ2v) is 4.20. The van der Waals surface area contributed by atoms with Crippen molar-refractivity contribution in [2.24, 2.45) is 5.73 Å².